The molecule has 8 aromatic carbocycles. The summed E-state index contributed by atoms with van der Waals surface area (Å²) in [4.78, 5) is 2.39. The minimum Gasteiger partial charge on any atom is -0.310 e. The largest absolute Gasteiger partial charge is 0.310 e. The maximum absolute atomic E-state index is 2.39. The third-order valence-corrected chi connectivity index (χ3v) is 10.1. The molecule has 0 aliphatic carbocycles. The van der Waals surface area contributed by atoms with E-state index in [-0.39, 0.29) is 0 Å². The lowest BCUT2D eigenvalue weighted by Crippen LogP contribution is -2.10. The predicted octanol–water partition coefficient (Wildman–Crippen LogP) is 14.1. The Morgan fingerprint density at radius 3 is 1.61 bits per heavy atom. The van der Waals surface area contributed by atoms with Crippen LogP contribution in [0.5, 0.6) is 0 Å². The summed E-state index contributed by atoms with van der Waals surface area (Å²) in [6.07, 6.45) is 1.99. The van der Waals surface area contributed by atoms with Crippen LogP contribution in [-0.4, -0.2) is 0 Å². The fourth-order valence-electron chi connectivity index (χ4n) is 7.46. The van der Waals surface area contributed by atoms with Crippen LogP contribution in [0.25, 0.3) is 55.3 Å². The third-order valence-electron chi connectivity index (χ3n) is 10.1. The summed E-state index contributed by atoms with van der Waals surface area (Å²) < 4.78 is 0. The molecule has 8 rings (SSSR count). The van der Waals surface area contributed by atoms with E-state index in [0.717, 1.165) is 29.9 Å². The summed E-state index contributed by atoms with van der Waals surface area (Å²) in [5.41, 5.74) is 16.2. The Bertz CT molecular complexity index is 2420. The van der Waals surface area contributed by atoms with Crippen LogP contribution >= 0.6 is 0 Å². The molecule has 0 aliphatic rings. The molecule has 0 N–H and O–H groups in total. The van der Waals surface area contributed by atoms with E-state index >= 15 is 0 Å². The van der Waals surface area contributed by atoms with Crippen molar-refractivity contribution in [1.82, 2.24) is 0 Å². The summed E-state index contributed by atoms with van der Waals surface area (Å²) in [5.74, 6) is 0. The van der Waals surface area contributed by atoms with E-state index in [2.05, 4.69) is 207 Å². The molecule has 0 unspecified atom stereocenters. The first kappa shape index (κ1) is 32.0. The minimum atomic E-state index is 0.987. The number of rotatable bonds is 9. The molecule has 0 bridgehead atoms. The molecule has 1 nitrogen and oxygen atoms in total. The van der Waals surface area contributed by atoms with E-state index in [4.69, 9.17) is 0 Å². The summed E-state index contributed by atoms with van der Waals surface area (Å²) in [7, 11) is 0. The van der Waals surface area contributed by atoms with Crippen LogP contribution in [-0.2, 0) is 12.8 Å². The van der Waals surface area contributed by atoms with Gasteiger partial charge in [-0.15, -0.1) is 0 Å². The lowest BCUT2D eigenvalue weighted by atomic mass is 9.87. The third kappa shape index (κ3) is 6.35. The van der Waals surface area contributed by atoms with Gasteiger partial charge in [0.15, 0.2) is 0 Å². The average Bonchev–Trinajstić information content (AvgIpc) is 3.21. The summed E-state index contributed by atoms with van der Waals surface area (Å²) in [6.45, 7) is 4.51. The SMILES string of the molecule is CCc1ccccc1-c1c(CC)cccc1-c1ccc(N(c2ccc(-c3cccc(-c4ccccc4)c3)cc2)c2cccc3ccccc23)cc1. The first-order valence-electron chi connectivity index (χ1n) is 18.1. The first-order chi connectivity index (χ1) is 25.2. The number of fused-ring (bicyclic) bond motifs is 1. The van der Waals surface area contributed by atoms with Crippen molar-refractivity contribution in [3.8, 4) is 44.5 Å². The van der Waals surface area contributed by atoms with Crippen LogP contribution in [0.3, 0.4) is 0 Å². The Morgan fingerprint density at radius 1 is 0.373 bits per heavy atom. The molecule has 0 spiro atoms. The van der Waals surface area contributed by atoms with Gasteiger partial charge in [0.2, 0.25) is 0 Å². The molecule has 0 saturated carbocycles. The number of nitrogens with zero attached hydrogens (tertiary/aromatic N) is 1. The molecular weight excluding hydrogens is 615 g/mol. The van der Waals surface area contributed by atoms with Crippen LogP contribution < -0.4 is 4.90 Å². The summed E-state index contributed by atoms with van der Waals surface area (Å²) in [5, 5.41) is 2.44. The fraction of sp³-hybridized carbons (Fsp3) is 0.0800. The van der Waals surface area contributed by atoms with Gasteiger partial charge in [0.1, 0.15) is 0 Å². The van der Waals surface area contributed by atoms with Crippen LogP contribution in [0.1, 0.15) is 25.0 Å². The van der Waals surface area contributed by atoms with Crippen LogP contribution in [0, 0.1) is 0 Å². The topological polar surface area (TPSA) is 3.24 Å². The number of hydrogen-bond acceptors (Lipinski definition) is 1. The lowest BCUT2D eigenvalue weighted by Gasteiger charge is -2.27. The van der Waals surface area contributed by atoms with E-state index in [9.17, 15) is 0 Å². The quantitative estimate of drug-likeness (QED) is 0.150. The molecular formula is C50H41N. The van der Waals surface area contributed by atoms with E-state index in [0.29, 0.717) is 0 Å². The van der Waals surface area contributed by atoms with Gasteiger partial charge in [-0.3, -0.25) is 0 Å². The summed E-state index contributed by atoms with van der Waals surface area (Å²) >= 11 is 0. The van der Waals surface area contributed by atoms with E-state index in [1.54, 1.807) is 0 Å². The molecule has 8 aromatic rings. The van der Waals surface area contributed by atoms with Crippen molar-refractivity contribution in [1.29, 1.82) is 0 Å². The Hall–Kier alpha value is -6.18. The standard InChI is InChI=1S/C50H41N/c1-3-36-15-8-11-24-47(36)50-37(4-2)19-13-25-48(50)41-29-33-45(34-30-41)51(49-26-14-20-40-18-9-10-23-46(40)49)44-31-27-39(28-32-44)43-22-12-21-42(35-43)38-16-6-5-7-17-38/h5-35H,3-4H2,1-2H3. The molecule has 0 atom stereocenters. The highest BCUT2D eigenvalue weighted by atomic mass is 15.1. The highest BCUT2D eigenvalue weighted by Gasteiger charge is 2.18. The Morgan fingerprint density at radius 2 is 0.882 bits per heavy atom. The molecule has 0 amide bonds. The van der Waals surface area contributed by atoms with Gasteiger partial charge in [0.05, 0.1) is 5.69 Å². The van der Waals surface area contributed by atoms with E-state index < -0.39 is 0 Å². The smallest absolute Gasteiger partial charge is 0.0540 e. The second-order valence-electron chi connectivity index (χ2n) is 13.1. The van der Waals surface area contributed by atoms with Gasteiger partial charge in [0.25, 0.3) is 0 Å². The zero-order valence-electron chi connectivity index (χ0n) is 29.3. The number of hydrogen-bond donors (Lipinski definition) is 0. The van der Waals surface area contributed by atoms with Crippen LogP contribution in [0.4, 0.5) is 17.1 Å². The maximum atomic E-state index is 2.39. The zero-order chi connectivity index (χ0) is 34.6. The van der Waals surface area contributed by atoms with Crippen molar-refractivity contribution in [3.05, 3.63) is 199 Å². The van der Waals surface area contributed by atoms with Crippen LogP contribution in [0.15, 0.2) is 188 Å². The monoisotopic (exact) mass is 655 g/mol. The van der Waals surface area contributed by atoms with Crippen molar-refractivity contribution in [3.63, 3.8) is 0 Å². The van der Waals surface area contributed by atoms with Gasteiger partial charge in [-0.1, -0.05) is 166 Å². The van der Waals surface area contributed by atoms with Crippen molar-refractivity contribution >= 4 is 27.8 Å². The van der Waals surface area contributed by atoms with Crippen molar-refractivity contribution in [2.45, 2.75) is 26.7 Å². The minimum absolute atomic E-state index is 0.987. The Balaban J connectivity index is 1.21. The number of aryl methyl sites for hydroxylation is 2. The van der Waals surface area contributed by atoms with Crippen LogP contribution in [0.2, 0.25) is 0 Å². The molecule has 0 aliphatic heterocycles. The molecule has 51 heavy (non-hydrogen) atoms. The Kier molecular flexibility index (Phi) is 9.02. The number of benzene rings is 8. The first-order valence-corrected chi connectivity index (χ1v) is 18.1. The summed E-state index contributed by atoms with van der Waals surface area (Å²) in [6, 6.07) is 68.5. The maximum Gasteiger partial charge on any atom is 0.0540 e. The normalized spacial score (nSPS) is 11.1. The van der Waals surface area contributed by atoms with E-state index in [1.165, 1.54) is 66.4 Å². The van der Waals surface area contributed by atoms with Crippen molar-refractivity contribution in [2.24, 2.45) is 0 Å². The van der Waals surface area contributed by atoms with Gasteiger partial charge < -0.3 is 4.90 Å². The predicted molar refractivity (Wildman–Crippen MR) is 219 cm³/mol. The van der Waals surface area contributed by atoms with Gasteiger partial charge in [-0.05, 0) is 110 Å². The molecule has 0 heterocycles. The van der Waals surface area contributed by atoms with Crippen molar-refractivity contribution < 1.29 is 0 Å². The zero-order valence-corrected chi connectivity index (χ0v) is 29.3. The number of anilines is 3. The fourth-order valence-corrected chi connectivity index (χ4v) is 7.46. The second kappa shape index (κ2) is 14.4. The molecule has 1 heteroatoms. The van der Waals surface area contributed by atoms with Gasteiger partial charge in [0, 0.05) is 16.8 Å². The molecule has 246 valence electrons. The van der Waals surface area contributed by atoms with Crippen molar-refractivity contribution in [2.75, 3.05) is 4.90 Å². The molecule has 0 fully saturated rings. The van der Waals surface area contributed by atoms with E-state index in [1.807, 2.05) is 0 Å². The van der Waals surface area contributed by atoms with Gasteiger partial charge >= 0.3 is 0 Å². The Labute approximate surface area is 302 Å². The van der Waals surface area contributed by atoms with Gasteiger partial charge in [-0.25, -0.2) is 0 Å². The second-order valence-corrected chi connectivity index (χ2v) is 13.1. The van der Waals surface area contributed by atoms with Gasteiger partial charge in [-0.2, -0.15) is 0 Å². The molecule has 0 aromatic heterocycles. The molecule has 0 saturated heterocycles. The highest BCUT2D eigenvalue weighted by molar-refractivity contribution is 5.99. The highest BCUT2D eigenvalue weighted by Crippen LogP contribution is 2.42. The lowest BCUT2D eigenvalue weighted by molar-refractivity contribution is 1.12. The molecule has 0 radical (unpaired) electrons. The average molecular weight is 656 g/mol.